The highest BCUT2D eigenvalue weighted by Gasteiger charge is 2.31. The van der Waals surface area contributed by atoms with Crippen LogP contribution in [0.5, 0.6) is 0 Å². The van der Waals surface area contributed by atoms with Gasteiger partial charge in [-0.05, 0) is 49.0 Å². The third-order valence-corrected chi connectivity index (χ3v) is 5.21. The van der Waals surface area contributed by atoms with Crippen LogP contribution in [0, 0.1) is 11.8 Å². The maximum atomic E-state index is 12.3. The number of hydrogen-bond donors (Lipinski definition) is 2. The third-order valence-electron chi connectivity index (χ3n) is 4.46. The zero-order valence-corrected chi connectivity index (χ0v) is 12.7. The first kappa shape index (κ1) is 13.1. The summed E-state index contributed by atoms with van der Waals surface area (Å²) in [5, 5.41) is 6.45. The second-order valence-electron chi connectivity index (χ2n) is 5.61. The summed E-state index contributed by atoms with van der Waals surface area (Å²) in [6, 6.07) is 6.45. The molecule has 1 saturated heterocycles. The molecule has 1 aromatic rings. The molecule has 2 unspecified atom stereocenters. The van der Waals surface area contributed by atoms with E-state index < -0.39 is 0 Å². The smallest absolute Gasteiger partial charge is 0.223 e. The molecule has 102 valence electrons. The molecule has 4 heteroatoms. The second kappa shape index (κ2) is 5.25. The number of carbonyl (C=O) groups is 1. The van der Waals surface area contributed by atoms with Crippen molar-refractivity contribution in [1.82, 2.24) is 10.6 Å². The average molecular weight is 323 g/mol. The fraction of sp³-hybridized carbons (Fsp3) is 0.533. The van der Waals surface area contributed by atoms with Crippen molar-refractivity contribution >= 4 is 21.8 Å². The second-order valence-corrected chi connectivity index (χ2v) is 6.47. The lowest BCUT2D eigenvalue weighted by Crippen LogP contribution is -2.49. The molecule has 1 aliphatic carbocycles. The van der Waals surface area contributed by atoms with Gasteiger partial charge in [0.2, 0.25) is 5.91 Å². The van der Waals surface area contributed by atoms with Crippen molar-refractivity contribution in [3.8, 4) is 0 Å². The Balaban J connectivity index is 1.69. The molecule has 3 nitrogen and oxygen atoms in total. The van der Waals surface area contributed by atoms with E-state index in [1.807, 2.05) is 13.0 Å². The Hall–Kier alpha value is -0.870. The van der Waals surface area contributed by atoms with Gasteiger partial charge in [-0.15, -0.1) is 0 Å². The fourth-order valence-electron chi connectivity index (χ4n) is 2.94. The van der Waals surface area contributed by atoms with E-state index in [4.69, 9.17) is 0 Å². The minimum atomic E-state index is 0.109. The van der Waals surface area contributed by atoms with Gasteiger partial charge in [-0.1, -0.05) is 35.0 Å². The molecular weight excluding hydrogens is 304 g/mol. The van der Waals surface area contributed by atoms with Crippen molar-refractivity contribution in [2.45, 2.75) is 25.8 Å². The number of hydrogen-bond acceptors (Lipinski definition) is 2. The quantitative estimate of drug-likeness (QED) is 0.897. The fourth-order valence-corrected chi connectivity index (χ4v) is 3.52. The van der Waals surface area contributed by atoms with Crippen molar-refractivity contribution in [3.05, 3.63) is 33.8 Å². The van der Waals surface area contributed by atoms with Gasteiger partial charge in [0.25, 0.3) is 0 Å². The number of benzene rings is 1. The van der Waals surface area contributed by atoms with Gasteiger partial charge >= 0.3 is 0 Å². The van der Waals surface area contributed by atoms with E-state index in [-0.39, 0.29) is 17.9 Å². The molecule has 2 aliphatic rings. The van der Waals surface area contributed by atoms with Gasteiger partial charge < -0.3 is 10.6 Å². The van der Waals surface area contributed by atoms with E-state index in [1.54, 1.807) is 0 Å². The minimum Gasteiger partial charge on any atom is -0.349 e. The first-order valence-electron chi connectivity index (χ1n) is 6.95. The summed E-state index contributed by atoms with van der Waals surface area (Å²) in [7, 11) is 0. The van der Waals surface area contributed by atoms with Crippen LogP contribution in [0.4, 0.5) is 0 Å². The summed E-state index contributed by atoms with van der Waals surface area (Å²) >= 11 is 3.59. The van der Waals surface area contributed by atoms with E-state index in [9.17, 15) is 4.79 Å². The normalized spacial score (nSPS) is 23.6. The molecule has 2 atom stereocenters. The molecule has 1 aromatic carbocycles. The van der Waals surface area contributed by atoms with Gasteiger partial charge in [-0.25, -0.2) is 0 Å². The number of rotatable bonds is 3. The Labute approximate surface area is 122 Å². The van der Waals surface area contributed by atoms with Crippen molar-refractivity contribution in [3.63, 3.8) is 0 Å². The number of fused-ring (bicyclic) bond motifs is 1. The first-order chi connectivity index (χ1) is 9.16. The monoisotopic (exact) mass is 322 g/mol. The van der Waals surface area contributed by atoms with Crippen LogP contribution in [0.15, 0.2) is 22.7 Å². The zero-order chi connectivity index (χ0) is 13.4. The number of nitrogens with one attached hydrogen (secondary N) is 2. The van der Waals surface area contributed by atoms with E-state index in [2.05, 4.69) is 38.7 Å². The number of carbonyl (C=O) groups excluding carboxylic acids is 1. The lowest BCUT2D eigenvalue weighted by Gasteiger charge is -2.32. The van der Waals surface area contributed by atoms with Crippen LogP contribution in [0.25, 0.3) is 0 Å². The highest BCUT2D eigenvalue weighted by atomic mass is 79.9. The molecule has 1 aliphatic heterocycles. The molecule has 0 radical (unpaired) electrons. The van der Waals surface area contributed by atoms with E-state index in [0.29, 0.717) is 5.92 Å². The van der Waals surface area contributed by atoms with Crippen LogP contribution in [0.2, 0.25) is 0 Å². The standard InChI is InChI=1S/C15H19BrN2O/c1-9(10-7-17-8-10)15(19)18-14-6-5-11-12(14)3-2-4-13(11)16/h2-4,9-10,14,17H,5-8H2,1H3,(H,18,19). The highest BCUT2D eigenvalue weighted by Crippen LogP contribution is 2.35. The van der Waals surface area contributed by atoms with Crippen LogP contribution in [-0.2, 0) is 11.2 Å². The molecule has 0 spiro atoms. The van der Waals surface area contributed by atoms with Gasteiger partial charge in [0.05, 0.1) is 6.04 Å². The van der Waals surface area contributed by atoms with Crippen LogP contribution in [0.1, 0.15) is 30.5 Å². The Morgan fingerprint density at radius 1 is 1.47 bits per heavy atom. The van der Waals surface area contributed by atoms with Gasteiger partial charge in [0, 0.05) is 10.4 Å². The summed E-state index contributed by atoms with van der Waals surface area (Å²) in [4.78, 5) is 12.3. The predicted octanol–water partition coefficient (Wildman–Crippen LogP) is 2.41. The molecule has 0 saturated carbocycles. The van der Waals surface area contributed by atoms with Crippen molar-refractivity contribution in [2.75, 3.05) is 13.1 Å². The SMILES string of the molecule is CC(C(=O)NC1CCc2c(Br)cccc21)C1CNC1. The van der Waals surface area contributed by atoms with Crippen molar-refractivity contribution in [1.29, 1.82) is 0 Å². The minimum absolute atomic E-state index is 0.109. The molecule has 2 N–H and O–H groups in total. The molecule has 1 fully saturated rings. The number of halogens is 1. The van der Waals surface area contributed by atoms with Crippen molar-refractivity contribution in [2.24, 2.45) is 11.8 Å². The highest BCUT2D eigenvalue weighted by molar-refractivity contribution is 9.10. The van der Waals surface area contributed by atoms with Gasteiger partial charge in [0.1, 0.15) is 0 Å². The first-order valence-corrected chi connectivity index (χ1v) is 7.74. The molecule has 19 heavy (non-hydrogen) atoms. The lowest BCUT2D eigenvalue weighted by atomic mass is 9.88. The molecule has 0 bridgehead atoms. The predicted molar refractivity (Wildman–Crippen MR) is 78.9 cm³/mol. The van der Waals surface area contributed by atoms with Crippen LogP contribution in [-0.4, -0.2) is 19.0 Å². The van der Waals surface area contributed by atoms with Crippen LogP contribution < -0.4 is 10.6 Å². The summed E-state index contributed by atoms with van der Waals surface area (Å²) in [6.07, 6.45) is 2.06. The Bertz CT molecular complexity index is 499. The summed E-state index contributed by atoms with van der Waals surface area (Å²) in [5.41, 5.74) is 2.63. The average Bonchev–Trinajstić information content (AvgIpc) is 2.72. The largest absolute Gasteiger partial charge is 0.349 e. The maximum Gasteiger partial charge on any atom is 0.223 e. The van der Waals surface area contributed by atoms with Crippen molar-refractivity contribution < 1.29 is 4.79 Å². The summed E-state index contributed by atoms with van der Waals surface area (Å²) in [6.45, 7) is 3.99. The molecule has 0 aromatic heterocycles. The van der Waals surface area contributed by atoms with Gasteiger partial charge in [0.15, 0.2) is 0 Å². The Morgan fingerprint density at radius 3 is 2.95 bits per heavy atom. The third kappa shape index (κ3) is 2.43. The molecular formula is C15H19BrN2O. The van der Waals surface area contributed by atoms with Crippen LogP contribution >= 0.6 is 15.9 Å². The topological polar surface area (TPSA) is 41.1 Å². The summed E-state index contributed by atoms with van der Waals surface area (Å²) < 4.78 is 1.16. The zero-order valence-electron chi connectivity index (χ0n) is 11.1. The van der Waals surface area contributed by atoms with E-state index >= 15 is 0 Å². The lowest BCUT2D eigenvalue weighted by molar-refractivity contribution is -0.127. The number of amides is 1. The Morgan fingerprint density at radius 2 is 2.26 bits per heavy atom. The van der Waals surface area contributed by atoms with Crippen LogP contribution in [0.3, 0.4) is 0 Å². The van der Waals surface area contributed by atoms with Gasteiger partial charge in [-0.3, -0.25) is 4.79 Å². The maximum absolute atomic E-state index is 12.3. The Kier molecular flexibility index (Phi) is 3.63. The summed E-state index contributed by atoms with van der Waals surface area (Å²) in [5.74, 6) is 0.810. The molecule has 1 amide bonds. The molecule has 3 rings (SSSR count). The van der Waals surface area contributed by atoms with E-state index in [0.717, 1.165) is 30.4 Å². The van der Waals surface area contributed by atoms with E-state index in [1.165, 1.54) is 11.1 Å². The molecule has 1 heterocycles. The van der Waals surface area contributed by atoms with Gasteiger partial charge in [-0.2, -0.15) is 0 Å².